The molecule has 0 atom stereocenters. The predicted octanol–water partition coefficient (Wildman–Crippen LogP) is 7.71. The molecule has 0 aliphatic carbocycles. The van der Waals surface area contributed by atoms with Gasteiger partial charge in [0.25, 0.3) is 0 Å². The molecule has 0 aromatic heterocycles. The Hall–Kier alpha value is -1.64. The molecule has 0 saturated carbocycles. The number of nitrogens with zero attached hydrogens (tertiary/aromatic N) is 2. The minimum Gasteiger partial charge on any atom is -0.304 e. The van der Waals surface area contributed by atoms with Gasteiger partial charge in [0.05, 0.1) is 0 Å². The highest BCUT2D eigenvalue weighted by Gasteiger charge is 2.10. The molecule has 29 heavy (non-hydrogen) atoms. The molecular formula is C27H50N2. The van der Waals surface area contributed by atoms with Gasteiger partial charge >= 0.3 is 0 Å². The molecular weight excluding hydrogens is 352 g/mol. The minimum atomic E-state index is 1.22. The van der Waals surface area contributed by atoms with Gasteiger partial charge in [-0.25, -0.2) is 0 Å². The van der Waals surface area contributed by atoms with E-state index in [9.17, 15) is 0 Å². The van der Waals surface area contributed by atoms with Crippen LogP contribution >= 0.6 is 0 Å². The summed E-state index contributed by atoms with van der Waals surface area (Å²) in [6.45, 7) is 24.4. The molecule has 2 heteroatoms. The quantitative estimate of drug-likeness (QED) is 0.507. The first kappa shape index (κ1) is 32.0. The maximum atomic E-state index is 2.49. The van der Waals surface area contributed by atoms with Gasteiger partial charge in [0.15, 0.2) is 0 Å². The largest absolute Gasteiger partial charge is 0.304 e. The van der Waals surface area contributed by atoms with Crippen molar-refractivity contribution in [1.82, 2.24) is 9.80 Å². The van der Waals surface area contributed by atoms with Crippen molar-refractivity contribution in [3.8, 4) is 11.1 Å². The second kappa shape index (κ2) is 26.4. The Kier molecular flexibility index (Phi) is 29.1. The van der Waals surface area contributed by atoms with E-state index in [4.69, 9.17) is 0 Å². The monoisotopic (exact) mass is 402 g/mol. The molecule has 2 nitrogen and oxygen atoms in total. The number of piperazine rings is 1. The van der Waals surface area contributed by atoms with Crippen molar-refractivity contribution in [1.29, 1.82) is 0 Å². The van der Waals surface area contributed by atoms with E-state index in [-0.39, 0.29) is 0 Å². The Labute approximate surface area is 184 Å². The van der Waals surface area contributed by atoms with Gasteiger partial charge in [-0.15, -0.1) is 0 Å². The zero-order valence-electron chi connectivity index (χ0n) is 21.2. The van der Waals surface area contributed by atoms with E-state index in [1.54, 1.807) is 0 Å². The van der Waals surface area contributed by atoms with Crippen LogP contribution in [0.5, 0.6) is 0 Å². The van der Waals surface area contributed by atoms with Crippen LogP contribution in [0.1, 0.15) is 62.3 Å². The van der Waals surface area contributed by atoms with Crippen molar-refractivity contribution in [3.05, 3.63) is 60.7 Å². The Morgan fingerprint density at radius 3 is 1.14 bits per heavy atom. The molecule has 0 spiro atoms. The van der Waals surface area contributed by atoms with Gasteiger partial charge in [0.2, 0.25) is 0 Å². The van der Waals surface area contributed by atoms with E-state index in [2.05, 4.69) is 72.3 Å². The van der Waals surface area contributed by atoms with Crippen LogP contribution in [-0.2, 0) is 0 Å². The van der Waals surface area contributed by atoms with Gasteiger partial charge < -0.3 is 9.80 Å². The summed E-state index contributed by atoms with van der Waals surface area (Å²) in [5.41, 5.74) is 2.55. The summed E-state index contributed by atoms with van der Waals surface area (Å²) in [5, 5.41) is 0. The second-order valence-electron chi connectivity index (χ2n) is 5.47. The zero-order valence-corrected chi connectivity index (χ0v) is 21.2. The van der Waals surface area contributed by atoms with E-state index in [0.29, 0.717) is 0 Å². The second-order valence-corrected chi connectivity index (χ2v) is 5.47. The summed E-state index contributed by atoms with van der Waals surface area (Å²) in [6, 6.07) is 20.8. The van der Waals surface area contributed by atoms with Crippen molar-refractivity contribution in [3.63, 3.8) is 0 Å². The first-order valence-corrected chi connectivity index (χ1v) is 11.8. The van der Waals surface area contributed by atoms with E-state index in [1.165, 1.54) is 43.9 Å². The maximum Gasteiger partial charge on any atom is 0.0110 e. The average Bonchev–Trinajstić information content (AvgIpc) is 2.86. The Balaban J connectivity index is -0.000000354. The third kappa shape index (κ3) is 17.0. The summed E-state index contributed by atoms with van der Waals surface area (Å²) in [4.78, 5) is 4.87. The fraction of sp³-hybridized carbons (Fsp3) is 0.556. The SMILES string of the molecule is CC.CC.CC.CC.CCN1CCN(C)CC1.c1ccc(-c2ccccc2)cc1. The molecule has 0 N–H and O–H groups in total. The van der Waals surface area contributed by atoms with Crippen LogP contribution < -0.4 is 0 Å². The molecule has 1 saturated heterocycles. The van der Waals surface area contributed by atoms with Crippen LogP contribution in [0.2, 0.25) is 0 Å². The third-order valence-electron chi connectivity index (χ3n) is 3.92. The fourth-order valence-corrected chi connectivity index (χ4v) is 2.43. The first-order chi connectivity index (χ1) is 14.3. The van der Waals surface area contributed by atoms with E-state index >= 15 is 0 Å². The zero-order chi connectivity index (χ0) is 22.9. The van der Waals surface area contributed by atoms with Crippen molar-refractivity contribution in [2.24, 2.45) is 0 Å². The molecule has 1 aliphatic heterocycles. The molecule has 0 radical (unpaired) electrons. The van der Waals surface area contributed by atoms with Crippen LogP contribution in [0.4, 0.5) is 0 Å². The number of hydrogen-bond donors (Lipinski definition) is 0. The molecule has 3 rings (SSSR count). The lowest BCUT2D eigenvalue weighted by Crippen LogP contribution is -2.44. The van der Waals surface area contributed by atoms with Crippen molar-refractivity contribution < 1.29 is 0 Å². The van der Waals surface area contributed by atoms with Gasteiger partial charge in [0, 0.05) is 26.2 Å². The summed E-state index contributed by atoms with van der Waals surface area (Å²) in [6.07, 6.45) is 0. The highest BCUT2D eigenvalue weighted by Crippen LogP contribution is 2.17. The highest BCUT2D eigenvalue weighted by atomic mass is 15.2. The molecule has 1 aliphatic rings. The smallest absolute Gasteiger partial charge is 0.0110 e. The van der Waals surface area contributed by atoms with Crippen molar-refractivity contribution in [2.45, 2.75) is 62.3 Å². The molecule has 0 unspecified atom stereocenters. The summed E-state index contributed by atoms with van der Waals surface area (Å²) in [7, 11) is 2.19. The lowest BCUT2D eigenvalue weighted by molar-refractivity contribution is 0.160. The predicted molar refractivity (Wildman–Crippen MR) is 137 cm³/mol. The number of hydrogen-bond acceptors (Lipinski definition) is 2. The first-order valence-electron chi connectivity index (χ1n) is 11.8. The van der Waals surface area contributed by atoms with Crippen LogP contribution in [-0.4, -0.2) is 49.6 Å². The molecule has 2 aromatic rings. The van der Waals surface area contributed by atoms with Gasteiger partial charge in [-0.05, 0) is 24.7 Å². The lowest BCUT2D eigenvalue weighted by Gasteiger charge is -2.31. The summed E-state index contributed by atoms with van der Waals surface area (Å²) < 4.78 is 0. The van der Waals surface area contributed by atoms with Crippen LogP contribution in [0, 0.1) is 0 Å². The topological polar surface area (TPSA) is 6.48 Å². The van der Waals surface area contributed by atoms with E-state index in [0.717, 1.165) is 0 Å². The molecule has 168 valence electrons. The fourth-order valence-electron chi connectivity index (χ4n) is 2.43. The lowest BCUT2D eigenvalue weighted by atomic mass is 10.1. The maximum absolute atomic E-state index is 2.49. The van der Waals surface area contributed by atoms with Gasteiger partial charge in [-0.3, -0.25) is 0 Å². The van der Waals surface area contributed by atoms with Crippen LogP contribution in [0.3, 0.4) is 0 Å². The normalized spacial score (nSPS) is 12.5. The van der Waals surface area contributed by atoms with Crippen molar-refractivity contribution in [2.75, 3.05) is 39.8 Å². The minimum absolute atomic E-state index is 1.22. The number of rotatable bonds is 2. The van der Waals surface area contributed by atoms with Gasteiger partial charge in [-0.1, -0.05) is 123 Å². The molecule has 0 bridgehead atoms. The average molecular weight is 403 g/mol. The summed E-state index contributed by atoms with van der Waals surface area (Å²) in [5.74, 6) is 0. The Morgan fingerprint density at radius 1 is 0.552 bits per heavy atom. The molecule has 0 amide bonds. The molecule has 1 fully saturated rings. The molecule has 1 heterocycles. The van der Waals surface area contributed by atoms with Crippen LogP contribution in [0.25, 0.3) is 11.1 Å². The third-order valence-corrected chi connectivity index (χ3v) is 3.92. The standard InChI is InChI=1S/C12H10.C7H16N2.4C2H6/c1-3-7-11(8-4-1)12-9-5-2-6-10-12;1-3-9-6-4-8(2)5-7-9;4*1-2/h1-10H;3-7H2,1-2H3;4*1-2H3. The van der Waals surface area contributed by atoms with E-state index < -0.39 is 0 Å². The van der Waals surface area contributed by atoms with Gasteiger partial charge in [-0.2, -0.15) is 0 Å². The Morgan fingerprint density at radius 2 is 0.862 bits per heavy atom. The van der Waals surface area contributed by atoms with Crippen LogP contribution in [0.15, 0.2) is 60.7 Å². The summed E-state index contributed by atoms with van der Waals surface area (Å²) >= 11 is 0. The van der Waals surface area contributed by atoms with Gasteiger partial charge in [0.1, 0.15) is 0 Å². The van der Waals surface area contributed by atoms with E-state index in [1.807, 2.05) is 67.5 Å². The molecule has 2 aromatic carbocycles. The number of likely N-dealkylation sites (N-methyl/N-ethyl adjacent to an activating group) is 2. The highest BCUT2D eigenvalue weighted by molar-refractivity contribution is 5.62. The number of benzene rings is 2. The Bertz CT molecular complexity index is 451. The van der Waals surface area contributed by atoms with Crippen molar-refractivity contribution >= 4 is 0 Å².